The zero-order chi connectivity index (χ0) is 18.2. The number of carbonyl (C=O) groups excluding carboxylic acids is 2. The van der Waals surface area contributed by atoms with Crippen molar-refractivity contribution in [3.05, 3.63) is 52.5 Å². The molecule has 0 aliphatic heterocycles. The van der Waals surface area contributed by atoms with Crippen molar-refractivity contribution >= 4 is 52.1 Å². The van der Waals surface area contributed by atoms with Crippen LogP contribution in [0.15, 0.2) is 42.5 Å². The summed E-state index contributed by atoms with van der Waals surface area (Å²) in [7, 11) is 0. The van der Waals surface area contributed by atoms with E-state index < -0.39 is 0 Å². The minimum atomic E-state index is -0.223. The highest BCUT2D eigenvalue weighted by Crippen LogP contribution is 2.25. The van der Waals surface area contributed by atoms with Gasteiger partial charge in [0.2, 0.25) is 11.8 Å². The van der Waals surface area contributed by atoms with Gasteiger partial charge in [0, 0.05) is 22.8 Å². The van der Waals surface area contributed by atoms with Crippen molar-refractivity contribution in [2.75, 3.05) is 22.5 Å². The van der Waals surface area contributed by atoms with E-state index >= 15 is 0 Å². The topological polar surface area (TPSA) is 70.2 Å². The van der Waals surface area contributed by atoms with E-state index in [1.807, 2.05) is 6.92 Å². The molecule has 0 aliphatic rings. The molecular formula is C18H19Cl2N3O2. The number of hydrogen-bond donors (Lipinski definition) is 3. The first-order valence-electron chi connectivity index (χ1n) is 7.86. The molecule has 2 aromatic carbocycles. The SMILES string of the molecule is CCCC(=O)Nc1ccc(Cl)c(NCC(=O)Nc2ccc(Cl)cc2)c1. The molecule has 3 N–H and O–H groups in total. The smallest absolute Gasteiger partial charge is 0.243 e. The summed E-state index contributed by atoms with van der Waals surface area (Å²) in [5, 5.41) is 9.58. The summed E-state index contributed by atoms with van der Waals surface area (Å²) < 4.78 is 0. The molecule has 2 aromatic rings. The number of carbonyl (C=O) groups is 2. The summed E-state index contributed by atoms with van der Waals surface area (Å²) in [4.78, 5) is 23.7. The van der Waals surface area contributed by atoms with Crippen LogP contribution < -0.4 is 16.0 Å². The molecule has 0 atom stereocenters. The van der Waals surface area contributed by atoms with Gasteiger partial charge in [-0.25, -0.2) is 0 Å². The molecule has 25 heavy (non-hydrogen) atoms. The van der Waals surface area contributed by atoms with Gasteiger partial charge < -0.3 is 16.0 Å². The van der Waals surface area contributed by atoms with E-state index in [2.05, 4.69) is 16.0 Å². The van der Waals surface area contributed by atoms with Gasteiger partial charge in [-0.3, -0.25) is 9.59 Å². The summed E-state index contributed by atoms with van der Waals surface area (Å²) >= 11 is 11.9. The Morgan fingerprint density at radius 3 is 2.24 bits per heavy atom. The second-order valence-electron chi connectivity index (χ2n) is 5.40. The molecule has 0 aromatic heterocycles. The zero-order valence-electron chi connectivity index (χ0n) is 13.7. The van der Waals surface area contributed by atoms with Crippen molar-refractivity contribution in [3.8, 4) is 0 Å². The van der Waals surface area contributed by atoms with Crippen molar-refractivity contribution < 1.29 is 9.59 Å². The second-order valence-corrected chi connectivity index (χ2v) is 6.25. The van der Waals surface area contributed by atoms with Crippen LogP contribution in [0.2, 0.25) is 10.0 Å². The average Bonchev–Trinajstić information content (AvgIpc) is 2.57. The number of amides is 2. The van der Waals surface area contributed by atoms with E-state index in [4.69, 9.17) is 23.2 Å². The molecule has 7 heteroatoms. The quantitative estimate of drug-likeness (QED) is 0.647. The van der Waals surface area contributed by atoms with Crippen LogP contribution in [0.3, 0.4) is 0 Å². The normalized spacial score (nSPS) is 10.2. The molecular weight excluding hydrogens is 361 g/mol. The molecule has 2 rings (SSSR count). The predicted octanol–water partition coefficient (Wildman–Crippen LogP) is 4.78. The van der Waals surface area contributed by atoms with Crippen LogP contribution in [0.25, 0.3) is 0 Å². The molecule has 0 heterocycles. The zero-order valence-corrected chi connectivity index (χ0v) is 15.2. The van der Waals surface area contributed by atoms with Crippen molar-refractivity contribution in [1.82, 2.24) is 0 Å². The summed E-state index contributed by atoms with van der Waals surface area (Å²) in [5.41, 5.74) is 1.86. The van der Waals surface area contributed by atoms with Crippen LogP contribution in [0.4, 0.5) is 17.1 Å². The maximum atomic E-state index is 12.0. The van der Waals surface area contributed by atoms with Crippen molar-refractivity contribution in [2.24, 2.45) is 0 Å². The number of benzene rings is 2. The van der Waals surface area contributed by atoms with Crippen molar-refractivity contribution in [1.29, 1.82) is 0 Å². The Labute approximate surface area is 156 Å². The number of rotatable bonds is 7. The fraction of sp³-hybridized carbons (Fsp3) is 0.222. The van der Waals surface area contributed by atoms with Crippen LogP contribution >= 0.6 is 23.2 Å². The Morgan fingerprint density at radius 2 is 1.56 bits per heavy atom. The van der Waals surface area contributed by atoms with Gasteiger partial charge >= 0.3 is 0 Å². The minimum absolute atomic E-state index is 0.0364. The molecule has 5 nitrogen and oxygen atoms in total. The first kappa shape index (κ1) is 19.1. The van der Waals surface area contributed by atoms with Crippen LogP contribution in [0.1, 0.15) is 19.8 Å². The first-order valence-corrected chi connectivity index (χ1v) is 8.62. The van der Waals surface area contributed by atoms with Gasteiger partial charge in [-0.15, -0.1) is 0 Å². The molecule has 0 saturated carbocycles. The summed E-state index contributed by atoms with van der Waals surface area (Å²) in [6.45, 7) is 1.97. The lowest BCUT2D eigenvalue weighted by Gasteiger charge is -2.12. The Balaban J connectivity index is 1.93. The number of halogens is 2. The number of nitrogens with one attached hydrogen (secondary N) is 3. The Hall–Kier alpha value is -2.24. The largest absolute Gasteiger partial charge is 0.375 e. The summed E-state index contributed by atoms with van der Waals surface area (Å²) in [6.07, 6.45) is 1.23. The third kappa shape index (κ3) is 6.29. The van der Waals surface area contributed by atoms with Gasteiger partial charge in [0.25, 0.3) is 0 Å². The van der Waals surface area contributed by atoms with Crippen LogP contribution in [0.5, 0.6) is 0 Å². The molecule has 2 amide bonds. The lowest BCUT2D eigenvalue weighted by Crippen LogP contribution is -2.22. The molecule has 0 bridgehead atoms. The van der Waals surface area contributed by atoms with Gasteiger partial charge in [-0.2, -0.15) is 0 Å². The third-order valence-electron chi connectivity index (χ3n) is 3.29. The van der Waals surface area contributed by atoms with Crippen molar-refractivity contribution in [2.45, 2.75) is 19.8 Å². The fourth-order valence-electron chi connectivity index (χ4n) is 2.10. The summed E-state index contributed by atoms with van der Waals surface area (Å²) in [5.74, 6) is -0.282. The van der Waals surface area contributed by atoms with Crippen molar-refractivity contribution in [3.63, 3.8) is 0 Å². The molecule has 0 fully saturated rings. The fourth-order valence-corrected chi connectivity index (χ4v) is 2.41. The highest BCUT2D eigenvalue weighted by Gasteiger charge is 2.07. The van der Waals surface area contributed by atoms with Crippen LogP contribution in [0, 0.1) is 0 Å². The van der Waals surface area contributed by atoms with E-state index in [1.54, 1.807) is 42.5 Å². The molecule has 0 unspecified atom stereocenters. The molecule has 0 aliphatic carbocycles. The second kappa shape index (κ2) is 9.30. The standard InChI is InChI=1S/C18H19Cl2N3O2/c1-2-3-17(24)23-14-8-9-15(20)16(10-14)21-11-18(25)22-13-6-4-12(19)5-7-13/h4-10,21H,2-3,11H2,1H3,(H,22,25)(H,23,24). The maximum absolute atomic E-state index is 12.0. The first-order chi connectivity index (χ1) is 12.0. The monoisotopic (exact) mass is 379 g/mol. The maximum Gasteiger partial charge on any atom is 0.243 e. The van der Waals surface area contributed by atoms with Gasteiger partial charge in [0.05, 0.1) is 17.3 Å². The lowest BCUT2D eigenvalue weighted by atomic mass is 10.2. The van der Waals surface area contributed by atoms with E-state index in [-0.39, 0.29) is 18.4 Å². The van der Waals surface area contributed by atoms with E-state index in [0.29, 0.717) is 33.5 Å². The Morgan fingerprint density at radius 1 is 0.920 bits per heavy atom. The predicted molar refractivity (Wildman–Crippen MR) is 104 cm³/mol. The Bertz CT molecular complexity index is 748. The van der Waals surface area contributed by atoms with E-state index in [0.717, 1.165) is 6.42 Å². The minimum Gasteiger partial charge on any atom is -0.375 e. The number of anilines is 3. The summed E-state index contributed by atoms with van der Waals surface area (Å²) in [6, 6.07) is 11.9. The highest BCUT2D eigenvalue weighted by molar-refractivity contribution is 6.33. The van der Waals surface area contributed by atoms with E-state index in [1.165, 1.54) is 0 Å². The van der Waals surface area contributed by atoms with E-state index in [9.17, 15) is 9.59 Å². The average molecular weight is 380 g/mol. The third-order valence-corrected chi connectivity index (χ3v) is 3.88. The van der Waals surface area contributed by atoms with Gasteiger partial charge in [0.1, 0.15) is 0 Å². The lowest BCUT2D eigenvalue weighted by molar-refractivity contribution is -0.116. The Kier molecular flexibility index (Phi) is 7.10. The van der Waals surface area contributed by atoms with Crippen LogP contribution in [-0.4, -0.2) is 18.4 Å². The van der Waals surface area contributed by atoms with Gasteiger partial charge in [0.15, 0.2) is 0 Å². The molecule has 0 radical (unpaired) electrons. The molecule has 0 saturated heterocycles. The van der Waals surface area contributed by atoms with Crippen LogP contribution in [-0.2, 0) is 9.59 Å². The molecule has 132 valence electrons. The van der Waals surface area contributed by atoms with Gasteiger partial charge in [-0.1, -0.05) is 30.1 Å². The highest BCUT2D eigenvalue weighted by atomic mass is 35.5. The van der Waals surface area contributed by atoms with Gasteiger partial charge in [-0.05, 0) is 48.9 Å². The molecule has 0 spiro atoms. The number of hydrogen-bond acceptors (Lipinski definition) is 3.